The maximum atomic E-state index is 13.5. The smallest absolute Gasteiger partial charge is 0.169 e. The lowest BCUT2D eigenvalue weighted by atomic mass is 10.1. The Kier molecular flexibility index (Phi) is 2.41. The minimum absolute atomic E-state index is 0.241. The zero-order valence-electron chi connectivity index (χ0n) is 9.80. The number of hydrogen-bond donors (Lipinski definition) is 1. The molecule has 2 heterocycles. The fourth-order valence-corrected chi connectivity index (χ4v) is 2.04. The van der Waals surface area contributed by atoms with E-state index in [4.69, 9.17) is 10.2 Å². The number of furan rings is 1. The van der Waals surface area contributed by atoms with Gasteiger partial charge in [0.05, 0.1) is 5.69 Å². The van der Waals surface area contributed by atoms with Crippen molar-refractivity contribution in [2.75, 3.05) is 0 Å². The number of benzene rings is 1. The summed E-state index contributed by atoms with van der Waals surface area (Å²) in [5.41, 5.74) is 7.15. The van der Waals surface area contributed by atoms with Crippen molar-refractivity contribution in [1.29, 1.82) is 0 Å². The van der Waals surface area contributed by atoms with Crippen LogP contribution in [0.5, 0.6) is 0 Å². The van der Waals surface area contributed by atoms with Gasteiger partial charge in [-0.3, -0.25) is 4.68 Å². The molecule has 0 saturated heterocycles. The van der Waals surface area contributed by atoms with E-state index in [9.17, 15) is 4.39 Å². The van der Waals surface area contributed by atoms with E-state index in [-0.39, 0.29) is 11.4 Å². The molecule has 0 spiro atoms. The van der Waals surface area contributed by atoms with Crippen LogP contribution in [-0.2, 0) is 7.05 Å². The van der Waals surface area contributed by atoms with Gasteiger partial charge in [0.1, 0.15) is 11.8 Å². The SMILES string of the molecule is Cn1nccc1C(N)c1cc2cccc(F)c2o1. The first-order valence-corrected chi connectivity index (χ1v) is 5.58. The Balaban J connectivity index is 2.10. The summed E-state index contributed by atoms with van der Waals surface area (Å²) < 4.78 is 20.7. The number of nitrogens with two attached hydrogens (primary N) is 1. The molecule has 0 radical (unpaired) electrons. The van der Waals surface area contributed by atoms with E-state index in [1.165, 1.54) is 6.07 Å². The molecule has 18 heavy (non-hydrogen) atoms. The molecule has 1 atom stereocenters. The van der Waals surface area contributed by atoms with Crippen LogP contribution in [0.1, 0.15) is 17.5 Å². The number of aromatic nitrogens is 2. The van der Waals surface area contributed by atoms with Gasteiger partial charge in [-0.1, -0.05) is 12.1 Å². The Hall–Kier alpha value is -2.14. The molecule has 92 valence electrons. The quantitative estimate of drug-likeness (QED) is 0.754. The summed E-state index contributed by atoms with van der Waals surface area (Å²) in [6.07, 6.45) is 1.67. The zero-order valence-corrected chi connectivity index (χ0v) is 9.80. The molecule has 1 aromatic carbocycles. The van der Waals surface area contributed by atoms with Crippen LogP contribution in [0.4, 0.5) is 4.39 Å². The molecule has 0 aliphatic heterocycles. The van der Waals surface area contributed by atoms with Gasteiger partial charge in [0, 0.05) is 18.6 Å². The highest BCUT2D eigenvalue weighted by atomic mass is 19.1. The van der Waals surface area contributed by atoms with Crippen molar-refractivity contribution in [3.05, 3.63) is 53.8 Å². The van der Waals surface area contributed by atoms with E-state index in [2.05, 4.69) is 5.10 Å². The summed E-state index contributed by atoms with van der Waals surface area (Å²) in [7, 11) is 1.80. The number of rotatable bonds is 2. The molecular formula is C13H12FN3O. The Morgan fingerprint density at radius 2 is 2.22 bits per heavy atom. The maximum absolute atomic E-state index is 13.5. The molecule has 1 unspecified atom stereocenters. The predicted octanol–water partition coefficient (Wildman–Crippen LogP) is 2.35. The first-order valence-electron chi connectivity index (χ1n) is 5.58. The highest BCUT2D eigenvalue weighted by Crippen LogP contribution is 2.27. The zero-order chi connectivity index (χ0) is 12.7. The Morgan fingerprint density at radius 3 is 2.89 bits per heavy atom. The second-order valence-electron chi connectivity index (χ2n) is 4.16. The Labute approximate surface area is 103 Å². The van der Waals surface area contributed by atoms with Gasteiger partial charge < -0.3 is 10.2 Å². The van der Waals surface area contributed by atoms with Crippen LogP contribution in [-0.4, -0.2) is 9.78 Å². The predicted molar refractivity (Wildman–Crippen MR) is 65.4 cm³/mol. The average molecular weight is 245 g/mol. The van der Waals surface area contributed by atoms with Crippen LogP contribution in [0.2, 0.25) is 0 Å². The molecule has 0 aliphatic carbocycles. The molecule has 0 bridgehead atoms. The summed E-state index contributed by atoms with van der Waals surface area (Å²) >= 11 is 0. The molecule has 4 nitrogen and oxygen atoms in total. The van der Waals surface area contributed by atoms with Crippen LogP contribution >= 0.6 is 0 Å². The number of fused-ring (bicyclic) bond motifs is 1. The number of para-hydroxylation sites is 1. The summed E-state index contributed by atoms with van der Waals surface area (Å²) in [6.45, 7) is 0. The minimum atomic E-state index is -0.454. The monoisotopic (exact) mass is 245 g/mol. The fraction of sp³-hybridized carbons (Fsp3) is 0.154. The van der Waals surface area contributed by atoms with E-state index >= 15 is 0 Å². The molecule has 3 rings (SSSR count). The van der Waals surface area contributed by atoms with Crippen molar-refractivity contribution in [2.45, 2.75) is 6.04 Å². The molecule has 0 aliphatic rings. The van der Waals surface area contributed by atoms with Gasteiger partial charge in [-0.25, -0.2) is 4.39 Å². The molecular weight excluding hydrogens is 233 g/mol. The normalized spacial score (nSPS) is 13.1. The van der Waals surface area contributed by atoms with Crippen LogP contribution in [0.3, 0.4) is 0 Å². The molecule has 2 N–H and O–H groups in total. The highest BCUT2D eigenvalue weighted by molar-refractivity contribution is 5.78. The third-order valence-corrected chi connectivity index (χ3v) is 3.00. The van der Waals surface area contributed by atoms with Crippen LogP contribution in [0.15, 0.2) is 40.9 Å². The fourth-order valence-electron chi connectivity index (χ4n) is 2.04. The lowest BCUT2D eigenvalue weighted by molar-refractivity contribution is 0.491. The largest absolute Gasteiger partial charge is 0.456 e. The van der Waals surface area contributed by atoms with Gasteiger partial charge in [0.25, 0.3) is 0 Å². The van der Waals surface area contributed by atoms with Crippen molar-refractivity contribution >= 4 is 11.0 Å². The van der Waals surface area contributed by atoms with Crippen LogP contribution in [0, 0.1) is 5.82 Å². The van der Waals surface area contributed by atoms with E-state index in [0.717, 1.165) is 5.69 Å². The standard InChI is InChI=1S/C13H12FN3O/c1-17-10(5-6-16-17)12(15)11-7-8-3-2-4-9(14)13(8)18-11/h2-7,12H,15H2,1H3. The Morgan fingerprint density at radius 1 is 1.39 bits per heavy atom. The molecule has 3 aromatic rings. The molecule has 5 heteroatoms. The molecule has 0 saturated carbocycles. The lowest BCUT2D eigenvalue weighted by Crippen LogP contribution is -2.15. The topological polar surface area (TPSA) is 57.0 Å². The first-order chi connectivity index (χ1) is 8.66. The third-order valence-electron chi connectivity index (χ3n) is 3.00. The van der Waals surface area contributed by atoms with Crippen LogP contribution < -0.4 is 5.73 Å². The number of nitrogens with zero attached hydrogens (tertiary/aromatic N) is 2. The number of halogens is 1. The number of aryl methyl sites for hydroxylation is 1. The average Bonchev–Trinajstić information content (AvgIpc) is 2.95. The third kappa shape index (κ3) is 1.60. The van der Waals surface area contributed by atoms with Crippen molar-refractivity contribution in [3.8, 4) is 0 Å². The van der Waals surface area contributed by atoms with E-state index in [1.54, 1.807) is 36.1 Å². The molecule has 0 amide bonds. The summed E-state index contributed by atoms with van der Waals surface area (Å²) in [6, 6.07) is 7.92. The maximum Gasteiger partial charge on any atom is 0.169 e. The van der Waals surface area contributed by atoms with Gasteiger partial charge in [0.15, 0.2) is 11.4 Å². The van der Waals surface area contributed by atoms with E-state index in [1.807, 2.05) is 6.07 Å². The summed E-state index contributed by atoms with van der Waals surface area (Å²) in [5.74, 6) is 0.148. The first kappa shape index (κ1) is 11.0. The lowest BCUT2D eigenvalue weighted by Gasteiger charge is -2.08. The van der Waals surface area contributed by atoms with Gasteiger partial charge in [0.2, 0.25) is 0 Å². The van der Waals surface area contributed by atoms with Gasteiger partial charge in [-0.2, -0.15) is 5.10 Å². The van der Waals surface area contributed by atoms with Crippen molar-refractivity contribution in [2.24, 2.45) is 12.8 Å². The van der Waals surface area contributed by atoms with Crippen molar-refractivity contribution in [3.63, 3.8) is 0 Å². The van der Waals surface area contributed by atoms with E-state index in [0.29, 0.717) is 11.1 Å². The number of hydrogen-bond acceptors (Lipinski definition) is 3. The second kappa shape index (κ2) is 3.96. The van der Waals surface area contributed by atoms with Gasteiger partial charge in [-0.05, 0) is 18.2 Å². The highest BCUT2D eigenvalue weighted by Gasteiger charge is 2.18. The summed E-state index contributed by atoms with van der Waals surface area (Å²) in [5, 5.41) is 4.77. The summed E-state index contributed by atoms with van der Waals surface area (Å²) in [4.78, 5) is 0. The minimum Gasteiger partial charge on any atom is -0.456 e. The van der Waals surface area contributed by atoms with Crippen LogP contribution in [0.25, 0.3) is 11.0 Å². The van der Waals surface area contributed by atoms with E-state index < -0.39 is 6.04 Å². The van der Waals surface area contributed by atoms with Gasteiger partial charge in [-0.15, -0.1) is 0 Å². The van der Waals surface area contributed by atoms with Crippen molar-refractivity contribution < 1.29 is 8.81 Å². The molecule has 0 fully saturated rings. The van der Waals surface area contributed by atoms with Gasteiger partial charge >= 0.3 is 0 Å². The Bertz CT molecular complexity index is 701. The van der Waals surface area contributed by atoms with Crippen molar-refractivity contribution in [1.82, 2.24) is 9.78 Å². The molecule has 2 aromatic heterocycles. The second-order valence-corrected chi connectivity index (χ2v) is 4.16.